The zero-order valence-electron chi connectivity index (χ0n) is 20.1. The van der Waals surface area contributed by atoms with Crippen LogP contribution in [0, 0.1) is 0 Å². The Labute approximate surface area is 203 Å². The molecule has 0 amide bonds. The van der Waals surface area contributed by atoms with Crippen LogP contribution in [0.15, 0.2) is 132 Å². The van der Waals surface area contributed by atoms with Crippen molar-refractivity contribution in [3.05, 3.63) is 143 Å². The largest absolute Gasteiger partial charge is 0.340 e. The molecular weight excluding hydrogens is 410 g/mol. The molecule has 0 fully saturated rings. The molecule has 1 nitrogen and oxygen atoms in total. The third kappa shape index (κ3) is 4.10. The van der Waals surface area contributed by atoms with Gasteiger partial charge in [0.2, 0.25) is 0 Å². The molecule has 1 heteroatoms. The van der Waals surface area contributed by atoms with Crippen molar-refractivity contribution in [2.45, 2.75) is 33.2 Å². The van der Waals surface area contributed by atoms with E-state index in [9.17, 15) is 0 Å². The molecule has 0 N–H and O–H groups in total. The van der Waals surface area contributed by atoms with Crippen molar-refractivity contribution in [1.82, 2.24) is 0 Å². The van der Waals surface area contributed by atoms with Gasteiger partial charge in [0, 0.05) is 23.5 Å². The minimum absolute atomic E-state index is 0.848. The second-order valence-electron chi connectivity index (χ2n) is 8.91. The summed E-state index contributed by atoms with van der Waals surface area (Å²) in [5.41, 5.74) is 12.7. The number of fused-ring (bicyclic) bond motifs is 1. The van der Waals surface area contributed by atoms with Crippen LogP contribution >= 0.6 is 0 Å². The van der Waals surface area contributed by atoms with Crippen LogP contribution in [0.5, 0.6) is 0 Å². The lowest BCUT2D eigenvalue weighted by Gasteiger charge is -2.31. The van der Waals surface area contributed by atoms with Gasteiger partial charge in [-0.2, -0.15) is 0 Å². The van der Waals surface area contributed by atoms with E-state index in [1.54, 1.807) is 0 Å². The molecule has 0 saturated carbocycles. The van der Waals surface area contributed by atoms with Crippen molar-refractivity contribution >= 4 is 11.3 Å². The first-order valence-electron chi connectivity index (χ1n) is 12.1. The molecule has 0 radical (unpaired) electrons. The fourth-order valence-corrected chi connectivity index (χ4v) is 5.15. The normalized spacial score (nSPS) is 16.3. The highest BCUT2D eigenvalue weighted by Gasteiger charge is 2.27. The molecule has 0 unspecified atom stereocenters. The van der Waals surface area contributed by atoms with Crippen LogP contribution < -0.4 is 4.90 Å². The van der Waals surface area contributed by atoms with Crippen LogP contribution in [0.3, 0.4) is 0 Å². The third-order valence-electron chi connectivity index (χ3n) is 6.88. The van der Waals surface area contributed by atoms with Gasteiger partial charge in [-0.25, -0.2) is 0 Å². The van der Waals surface area contributed by atoms with E-state index in [2.05, 4.69) is 128 Å². The van der Waals surface area contributed by atoms with E-state index >= 15 is 0 Å². The van der Waals surface area contributed by atoms with Gasteiger partial charge in [-0.1, -0.05) is 91.5 Å². The zero-order valence-corrected chi connectivity index (χ0v) is 20.1. The van der Waals surface area contributed by atoms with E-state index in [-0.39, 0.29) is 0 Å². The van der Waals surface area contributed by atoms with Crippen molar-refractivity contribution in [2.75, 3.05) is 4.90 Å². The molecule has 5 rings (SSSR count). The molecule has 0 saturated heterocycles. The summed E-state index contributed by atoms with van der Waals surface area (Å²) in [6, 6.07) is 28.3. The van der Waals surface area contributed by atoms with Gasteiger partial charge in [-0.05, 0) is 83.9 Å². The smallest absolute Gasteiger partial charge is 0.0485 e. The van der Waals surface area contributed by atoms with Gasteiger partial charge in [-0.15, -0.1) is 0 Å². The lowest BCUT2D eigenvalue weighted by molar-refractivity contribution is 0.808. The Balaban J connectivity index is 1.67. The second kappa shape index (κ2) is 9.57. The van der Waals surface area contributed by atoms with Crippen LogP contribution in [0.2, 0.25) is 0 Å². The zero-order chi connectivity index (χ0) is 23.5. The lowest BCUT2D eigenvalue weighted by Crippen LogP contribution is -2.23. The molecule has 0 atom stereocenters. The van der Waals surface area contributed by atoms with Gasteiger partial charge in [0.25, 0.3) is 0 Å². The van der Waals surface area contributed by atoms with Gasteiger partial charge in [0.15, 0.2) is 0 Å². The van der Waals surface area contributed by atoms with E-state index in [4.69, 9.17) is 0 Å². The van der Waals surface area contributed by atoms with Crippen LogP contribution in [-0.2, 0) is 6.54 Å². The average Bonchev–Trinajstić information content (AvgIpc) is 3.02. The standard InChI is InChI=1S/C33H31N/c1-4-12-25(5-2)28-19-20-33-32(22-28)24(3)31-18-10-9-15-29(31)23-34(33)30-17-11-16-27(21-30)26-13-7-6-8-14-26/h4-18,21-22H,3,19-20,23H2,1-2H3/b12-4-,25-5+. The summed E-state index contributed by atoms with van der Waals surface area (Å²) in [5, 5.41) is 0. The third-order valence-corrected chi connectivity index (χ3v) is 6.88. The highest BCUT2D eigenvalue weighted by atomic mass is 15.1. The predicted octanol–water partition coefficient (Wildman–Crippen LogP) is 8.88. The Bertz CT molecular complexity index is 1350. The highest BCUT2D eigenvalue weighted by molar-refractivity contribution is 5.86. The van der Waals surface area contributed by atoms with E-state index in [1.165, 1.54) is 50.4 Å². The molecule has 168 valence electrons. The predicted molar refractivity (Wildman–Crippen MR) is 146 cm³/mol. The van der Waals surface area contributed by atoms with Crippen LogP contribution in [-0.4, -0.2) is 0 Å². The van der Waals surface area contributed by atoms with Crippen molar-refractivity contribution in [3.8, 4) is 11.1 Å². The molecule has 0 spiro atoms. The summed E-state index contributed by atoms with van der Waals surface area (Å²) in [5.74, 6) is 0. The Morgan fingerprint density at radius 1 is 0.853 bits per heavy atom. The first-order valence-corrected chi connectivity index (χ1v) is 12.1. The van der Waals surface area contributed by atoms with Gasteiger partial charge in [0.05, 0.1) is 0 Å². The number of hydrogen-bond donors (Lipinski definition) is 0. The van der Waals surface area contributed by atoms with Crippen LogP contribution in [0.25, 0.3) is 16.7 Å². The first-order chi connectivity index (χ1) is 16.7. The molecule has 1 aliphatic carbocycles. The molecule has 2 aliphatic rings. The summed E-state index contributed by atoms with van der Waals surface area (Å²) >= 11 is 0. The van der Waals surface area contributed by atoms with Gasteiger partial charge >= 0.3 is 0 Å². The topological polar surface area (TPSA) is 3.24 Å². The second-order valence-corrected chi connectivity index (χ2v) is 8.91. The first kappa shape index (κ1) is 22.0. The lowest BCUT2D eigenvalue weighted by atomic mass is 9.86. The molecule has 1 heterocycles. The number of nitrogens with zero attached hydrogens (tertiary/aromatic N) is 1. The Morgan fingerprint density at radius 3 is 2.41 bits per heavy atom. The number of allylic oxidation sites excluding steroid dienone is 9. The Morgan fingerprint density at radius 2 is 1.62 bits per heavy atom. The van der Waals surface area contributed by atoms with E-state index in [0.29, 0.717) is 0 Å². The number of rotatable bonds is 4. The molecule has 1 aliphatic heterocycles. The summed E-state index contributed by atoms with van der Waals surface area (Å²) in [6.45, 7) is 9.65. The summed E-state index contributed by atoms with van der Waals surface area (Å²) < 4.78 is 0. The molecule has 0 bridgehead atoms. The molecule has 0 aromatic heterocycles. The number of hydrogen-bond acceptors (Lipinski definition) is 1. The van der Waals surface area contributed by atoms with Crippen LogP contribution in [0.4, 0.5) is 5.69 Å². The van der Waals surface area contributed by atoms with Gasteiger partial charge < -0.3 is 4.90 Å². The van der Waals surface area contributed by atoms with E-state index < -0.39 is 0 Å². The molecular formula is C33H31N. The van der Waals surface area contributed by atoms with E-state index in [1.807, 2.05) is 0 Å². The van der Waals surface area contributed by atoms with E-state index in [0.717, 1.165) is 25.0 Å². The molecule has 34 heavy (non-hydrogen) atoms. The summed E-state index contributed by atoms with van der Waals surface area (Å²) in [6.07, 6.45) is 11.0. The summed E-state index contributed by atoms with van der Waals surface area (Å²) in [4.78, 5) is 2.51. The quantitative estimate of drug-likeness (QED) is 0.365. The minimum Gasteiger partial charge on any atom is -0.340 e. The number of benzene rings is 3. The SMILES string of the molecule is C=C1C2=C(CCC(C(/C=C\C)=C/C)=C2)N(c2cccc(-c3ccccc3)c2)Cc2ccccc21. The average molecular weight is 442 g/mol. The molecule has 3 aromatic carbocycles. The maximum absolute atomic E-state index is 4.59. The minimum atomic E-state index is 0.848. The van der Waals surface area contributed by atoms with Crippen molar-refractivity contribution in [2.24, 2.45) is 0 Å². The van der Waals surface area contributed by atoms with Crippen LogP contribution in [0.1, 0.15) is 37.8 Å². The fraction of sp³-hybridized carbons (Fsp3) is 0.152. The van der Waals surface area contributed by atoms with Gasteiger partial charge in [-0.3, -0.25) is 0 Å². The summed E-state index contributed by atoms with van der Waals surface area (Å²) in [7, 11) is 0. The maximum atomic E-state index is 4.59. The molecule has 3 aromatic rings. The monoisotopic (exact) mass is 441 g/mol. The van der Waals surface area contributed by atoms with Crippen molar-refractivity contribution in [3.63, 3.8) is 0 Å². The van der Waals surface area contributed by atoms with Crippen molar-refractivity contribution < 1.29 is 0 Å². The maximum Gasteiger partial charge on any atom is 0.0485 e. The highest BCUT2D eigenvalue weighted by Crippen LogP contribution is 2.43. The van der Waals surface area contributed by atoms with Gasteiger partial charge in [0.1, 0.15) is 0 Å². The Hall–Kier alpha value is -3.84. The number of anilines is 1. The van der Waals surface area contributed by atoms with Crippen molar-refractivity contribution in [1.29, 1.82) is 0 Å². The fourth-order valence-electron chi connectivity index (χ4n) is 5.15. The Kier molecular flexibility index (Phi) is 6.18.